The van der Waals surface area contributed by atoms with Crippen LogP contribution in [0, 0.1) is 0 Å². The minimum absolute atomic E-state index is 0.0365. The molecule has 0 aliphatic carbocycles. The summed E-state index contributed by atoms with van der Waals surface area (Å²) in [5.74, 6) is -0.445. The summed E-state index contributed by atoms with van der Waals surface area (Å²) in [4.78, 5) is 16.3. The lowest BCUT2D eigenvalue weighted by Crippen LogP contribution is -2.05. The number of aromatic nitrogens is 1. The van der Waals surface area contributed by atoms with Gasteiger partial charge < -0.3 is 9.84 Å². The third-order valence-corrected chi connectivity index (χ3v) is 3.95. The zero-order valence-corrected chi connectivity index (χ0v) is 12.4. The fraction of sp³-hybridized carbons (Fsp3) is 0.0588. The quantitative estimate of drug-likeness (QED) is 0.743. The molecule has 0 bridgehead atoms. The number of aromatic hydroxyl groups is 1. The molecule has 4 nitrogen and oxygen atoms in total. The maximum Gasteiger partial charge on any atom is 0.338 e. The molecule has 0 saturated heterocycles. The van der Waals surface area contributed by atoms with Gasteiger partial charge in [-0.3, -0.25) is 0 Å². The highest BCUT2D eigenvalue weighted by Gasteiger charge is 2.10. The van der Waals surface area contributed by atoms with Gasteiger partial charge in [0.05, 0.1) is 11.3 Å². The predicted molar refractivity (Wildman–Crippen MR) is 84.8 cm³/mol. The fourth-order valence-electron chi connectivity index (χ4n) is 1.94. The Morgan fingerprint density at radius 1 is 1.14 bits per heavy atom. The Bertz CT molecular complexity index is 783. The smallest absolute Gasteiger partial charge is 0.338 e. The summed E-state index contributed by atoms with van der Waals surface area (Å²) in [6.45, 7) is 0.109. The van der Waals surface area contributed by atoms with Crippen LogP contribution in [0.25, 0.3) is 10.6 Å². The van der Waals surface area contributed by atoms with Gasteiger partial charge in [0.2, 0.25) is 0 Å². The van der Waals surface area contributed by atoms with E-state index in [2.05, 4.69) is 4.98 Å². The summed E-state index contributed by atoms with van der Waals surface area (Å²) in [7, 11) is 0. The lowest BCUT2D eigenvalue weighted by Gasteiger charge is -2.03. The van der Waals surface area contributed by atoms with Crippen molar-refractivity contribution < 1.29 is 14.6 Å². The number of hydrogen-bond acceptors (Lipinski definition) is 5. The van der Waals surface area contributed by atoms with Crippen molar-refractivity contribution in [2.75, 3.05) is 0 Å². The molecular formula is C17H13NO3S. The van der Waals surface area contributed by atoms with E-state index in [4.69, 9.17) is 4.74 Å². The predicted octanol–water partition coefficient (Wildman–Crippen LogP) is 3.87. The van der Waals surface area contributed by atoms with Gasteiger partial charge in [-0.15, -0.1) is 11.3 Å². The fourth-order valence-corrected chi connectivity index (χ4v) is 2.75. The number of esters is 1. The molecule has 110 valence electrons. The van der Waals surface area contributed by atoms with Crippen molar-refractivity contribution in [2.45, 2.75) is 6.61 Å². The summed E-state index contributed by atoms with van der Waals surface area (Å²) in [6.07, 6.45) is 0. The van der Waals surface area contributed by atoms with Gasteiger partial charge in [0.1, 0.15) is 17.4 Å². The van der Waals surface area contributed by atoms with E-state index in [0.29, 0.717) is 11.3 Å². The molecule has 0 aliphatic heterocycles. The minimum atomic E-state index is -0.481. The second kappa shape index (κ2) is 6.41. The number of benzene rings is 2. The Hall–Kier alpha value is -2.66. The van der Waals surface area contributed by atoms with Crippen LogP contribution < -0.4 is 0 Å². The Balaban J connectivity index is 1.65. The summed E-state index contributed by atoms with van der Waals surface area (Å²) < 4.78 is 5.21. The molecule has 5 heteroatoms. The van der Waals surface area contributed by atoms with E-state index in [1.165, 1.54) is 23.5 Å². The van der Waals surface area contributed by atoms with Crippen LogP contribution in [-0.2, 0) is 11.3 Å². The molecule has 22 heavy (non-hydrogen) atoms. The van der Waals surface area contributed by atoms with E-state index in [0.717, 1.165) is 10.6 Å². The van der Waals surface area contributed by atoms with Crippen molar-refractivity contribution in [3.8, 4) is 16.3 Å². The molecule has 0 spiro atoms. The van der Waals surface area contributed by atoms with Crippen LogP contribution in [0.15, 0.2) is 60.0 Å². The van der Waals surface area contributed by atoms with E-state index in [1.54, 1.807) is 12.1 Å². The number of nitrogens with zero attached hydrogens (tertiary/aromatic N) is 1. The molecule has 0 amide bonds. The van der Waals surface area contributed by atoms with E-state index in [9.17, 15) is 9.90 Å². The average Bonchev–Trinajstić information content (AvgIpc) is 3.02. The van der Waals surface area contributed by atoms with Gasteiger partial charge in [-0.2, -0.15) is 0 Å². The third-order valence-electron chi connectivity index (χ3n) is 3.01. The van der Waals surface area contributed by atoms with Crippen LogP contribution in [0.5, 0.6) is 5.75 Å². The number of carbonyl (C=O) groups excluding carboxylic acids is 1. The van der Waals surface area contributed by atoms with Gasteiger partial charge in [0, 0.05) is 10.9 Å². The number of phenolic OH excluding ortho intramolecular Hbond substituents is 1. The molecule has 0 radical (unpaired) electrons. The molecule has 3 rings (SSSR count). The normalized spacial score (nSPS) is 10.4. The third kappa shape index (κ3) is 3.32. The summed E-state index contributed by atoms with van der Waals surface area (Å²) in [5, 5.41) is 12.1. The van der Waals surface area contributed by atoms with Crippen molar-refractivity contribution in [1.29, 1.82) is 0 Å². The highest BCUT2D eigenvalue weighted by molar-refractivity contribution is 7.13. The lowest BCUT2D eigenvalue weighted by molar-refractivity contribution is 0.0468. The topological polar surface area (TPSA) is 59.4 Å². The van der Waals surface area contributed by atoms with Gasteiger partial charge in [0.15, 0.2) is 0 Å². The van der Waals surface area contributed by atoms with Crippen molar-refractivity contribution in [3.63, 3.8) is 0 Å². The second-order valence-corrected chi connectivity index (χ2v) is 5.49. The van der Waals surface area contributed by atoms with Crippen LogP contribution in [0.1, 0.15) is 16.1 Å². The number of phenols is 1. The van der Waals surface area contributed by atoms with E-state index < -0.39 is 5.97 Å². The molecule has 3 aromatic rings. The van der Waals surface area contributed by atoms with Gasteiger partial charge in [-0.1, -0.05) is 36.4 Å². The van der Waals surface area contributed by atoms with E-state index >= 15 is 0 Å². The summed E-state index contributed by atoms with van der Waals surface area (Å²) in [5.41, 5.74) is 2.06. The zero-order chi connectivity index (χ0) is 15.4. The number of rotatable bonds is 4. The monoisotopic (exact) mass is 311 g/mol. The van der Waals surface area contributed by atoms with Gasteiger partial charge >= 0.3 is 5.97 Å². The SMILES string of the molecule is O=C(OCc1csc(-c2ccccc2)n1)c1cccc(O)c1. The first-order valence-corrected chi connectivity index (χ1v) is 7.56. The maximum atomic E-state index is 11.9. The van der Waals surface area contributed by atoms with Crippen molar-refractivity contribution in [2.24, 2.45) is 0 Å². The first-order chi connectivity index (χ1) is 10.7. The van der Waals surface area contributed by atoms with E-state index in [-0.39, 0.29) is 12.4 Å². The van der Waals surface area contributed by atoms with Crippen LogP contribution >= 0.6 is 11.3 Å². The number of hydrogen-bond donors (Lipinski definition) is 1. The van der Waals surface area contributed by atoms with Gasteiger partial charge in [0.25, 0.3) is 0 Å². The first-order valence-electron chi connectivity index (χ1n) is 6.68. The molecule has 2 aromatic carbocycles. The zero-order valence-electron chi connectivity index (χ0n) is 11.6. The van der Waals surface area contributed by atoms with Crippen molar-refractivity contribution in [1.82, 2.24) is 4.98 Å². The van der Waals surface area contributed by atoms with Crippen molar-refractivity contribution in [3.05, 3.63) is 71.2 Å². The number of carbonyl (C=O) groups is 1. The van der Waals surface area contributed by atoms with Crippen LogP contribution in [-0.4, -0.2) is 16.1 Å². The number of ether oxygens (including phenoxy) is 1. The summed E-state index contributed by atoms with van der Waals surface area (Å²) in [6, 6.07) is 15.9. The maximum absolute atomic E-state index is 11.9. The standard InChI is InChI=1S/C17H13NO3S/c19-15-8-4-7-13(9-15)17(20)21-10-14-11-22-16(18-14)12-5-2-1-3-6-12/h1-9,11,19H,10H2. The Morgan fingerprint density at radius 3 is 2.73 bits per heavy atom. The van der Waals surface area contributed by atoms with Gasteiger partial charge in [-0.25, -0.2) is 9.78 Å². The van der Waals surface area contributed by atoms with Crippen LogP contribution in [0.4, 0.5) is 0 Å². The number of thiazole rings is 1. The molecule has 1 aromatic heterocycles. The Labute approximate surface area is 131 Å². The Morgan fingerprint density at radius 2 is 1.95 bits per heavy atom. The highest BCUT2D eigenvalue weighted by Crippen LogP contribution is 2.23. The molecule has 0 aliphatic rings. The molecule has 1 N–H and O–H groups in total. The van der Waals surface area contributed by atoms with E-state index in [1.807, 2.05) is 35.7 Å². The summed E-state index contributed by atoms with van der Waals surface area (Å²) >= 11 is 1.51. The van der Waals surface area contributed by atoms with Crippen molar-refractivity contribution >= 4 is 17.3 Å². The first kappa shape index (κ1) is 14.3. The molecule has 0 unspecified atom stereocenters. The average molecular weight is 311 g/mol. The Kier molecular flexibility index (Phi) is 4.16. The second-order valence-electron chi connectivity index (χ2n) is 4.64. The lowest BCUT2D eigenvalue weighted by atomic mass is 10.2. The minimum Gasteiger partial charge on any atom is -0.508 e. The highest BCUT2D eigenvalue weighted by atomic mass is 32.1. The molecular weight excluding hydrogens is 298 g/mol. The largest absolute Gasteiger partial charge is 0.508 e. The molecule has 0 saturated carbocycles. The van der Waals surface area contributed by atoms with Crippen LogP contribution in [0.3, 0.4) is 0 Å². The van der Waals surface area contributed by atoms with Crippen LogP contribution in [0.2, 0.25) is 0 Å². The molecule has 0 fully saturated rings. The van der Waals surface area contributed by atoms with Gasteiger partial charge in [-0.05, 0) is 18.2 Å². The molecule has 1 heterocycles. The molecule has 0 atom stereocenters.